The summed E-state index contributed by atoms with van der Waals surface area (Å²) in [7, 11) is 0. The van der Waals surface area contributed by atoms with E-state index in [0.29, 0.717) is 12.6 Å². The predicted molar refractivity (Wildman–Crippen MR) is 75.6 cm³/mol. The Morgan fingerprint density at radius 1 is 1.42 bits per heavy atom. The Morgan fingerprint density at radius 2 is 2.05 bits per heavy atom. The first-order valence-corrected chi connectivity index (χ1v) is 6.42. The quantitative estimate of drug-likeness (QED) is 0.880. The molecule has 1 aliphatic heterocycles. The zero-order valence-electron chi connectivity index (χ0n) is 11.5. The highest BCUT2D eigenvalue weighted by molar-refractivity contribution is 5.90. The molecule has 1 aromatic carbocycles. The Kier molecular flexibility index (Phi) is 5.85. The average Bonchev–Trinajstić information content (AvgIpc) is 2.79. The fourth-order valence-corrected chi connectivity index (χ4v) is 1.55. The van der Waals surface area contributed by atoms with E-state index in [-0.39, 0.29) is 12.5 Å². The van der Waals surface area contributed by atoms with Crippen molar-refractivity contribution in [2.24, 2.45) is 4.99 Å². The lowest BCUT2D eigenvalue weighted by Crippen LogP contribution is -2.11. The summed E-state index contributed by atoms with van der Waals surface area (Å²) in [6.45, 7) is 6.57. The fraction of sp³-hybridized carbons (Fsp3) is 0.429. The second kappa shape index (κ2) is 7.41. The van der Waals surface area contributed by atoms with Gasteiger partial charge in [0.05, 0.1) is 12.5 Å². The van der Waals surface area contributed by atoms with Gasteiger partial charge in [0.25, 0.3) is 6.02 Å². The maximum atomic E-state index is 10.5. The summed E-state index contributed by atoms with van der Waals surface area (Å²) >= 11 is 0. The van der Waals surface area contributed by atoms with Gasteiger partial charge in [0.1, 0.15) is 6.61 Å². The summed E-state index contributed by atoms with van der Waals surface area (Å²) in [6.07, 6.45) is 0.0365. The highest BCUT2D eigenvalue weighted by Crippen LogP contribution is 2.12. The Balaban J connectivity index is 0.000000861. The van der Waals surface area contributed by atoms with Crippen LogP contribution in [-0.4, -0.2) is 29.7 Å². The van der Waals surface area contributed by atoms with Crippen LogP contribution in [-0.2, 0) is 16.0 Å². The predicted octanol–water partition coefficient (Wildman–Crippen LogP) is 2.53. The van der Waals surface area contributed by atoms with Crippen LogP contribution in [0.3, 0.4) is 0 Å². The van der Waals surface area contributed by atoms with Crippen LogP contribution in [0.15, 0.2) is 29.3 Å². The lowest BCUT2D eigenvalue weighted by Gasteiger charge is -2.05. The average molecular weight is 264 g/mol. The molecule has 0 spiro atoms. The van der Waals surface area contributed by atoms with Crippen molar-refractivity contribution in [1.82, 2.24) is 0 Å². The number of benzene rings is 1. The molecule has 1 aliphatic rings. The third-order valence-corrected chi connectivity index (χ3v) is 2.36. The number of ether oxygens (including phenoxy) is 1. The lowest BCUT2D eigenvalue weighted by atomic mass is 10.1. The van der Waals surface area contributed by atoms with Crippen molar-refractivity contribution in [3.05, 3.63) is 29.8 Å². The minimum atomic E-state index is -0.831. The molecule has 1 aromatic rings. The highest BCUT2D eigenvalue weighted by atomic mass is 16.5. The van der Waals surface area contributed by atoms with E-state index in [1.54, 1.807) is 12.1 Å². The largest absolute Gasteiger partial charge is 0.481 e. The van der Waals surface area contributed by atoms with Gasteiger partial charge < -0.3 is 15.2 Å². The number of carboxylic acid groups (broad SMARTS) is 1. The van der Waals surface area contributed by atoms with Crippen LogP contribution in [0.25, 0.3) is 0 Å². The number of amidine groups is 1. The van der Waals surface area contributed by atoms with Crippen molar-refractivity contribution in [1.29, 1.82) is 0 Å². The monoisotopic (exact) mass is 264 g/mol. The van der Waals surface area contributed by atoms with E-state index in [1.807, 2.05) is 32.9 Å². The summed E-state index contributed by atoms with van der Waals surface area (Å²) in [5.41, 5.74) is 1.61. The lowest BCUT2D eigenvalue weighted by molar-refractivity contribution is -0.136. The Hall–Kier alpha value is -2.04. The number of nitrogens with one attached hydrogen (secondary N) is 1. The summed E-state index contributed by atoms with van der Waals surface area (Å²) in [6, 6.07) is 7.87. The van der Waals surface area contributed by atoms with Crippen molar-refractivity contribution in [3.8, 4) is 0 Å². The van der Waals surface area contributed by atoms with Crippen molar-refractivity contribution in [2.75, 3.05) is 11.9 Å². The van der Waals surface area contributed by atoms with Gasteiger partial charge in [0, 0.05) is 5.69 Å². The van der Waals surface area contributed by atoms with Crippen LogP contribution in [0.2, 0.25) is 0 Å². The van der Waals surface area contributed by atoms with Crippen molar-refractivity contribution >= 4 is 17.7 Å². The minimum absolute atomic E-state index is 0.0365. The van der Waals surface area contributed by atoms with Crippen LogP contribution in [0.1, 0.15) is 26.3 Å². The standard InChI is InChI=1S/C12H14N2O3.C2H6/c1-8-7-17-12(13-8)14-10-4-2-9(3-5-10)6-11(15)16;1-2/h2-5,8H,6-7H2,1H3,(H,13,14)(H,15,16);1-2H3. The topological polar surface area (TPSA) is 70.9 Å². The van der Waals surface area contributed by atoms with Gasteiger partial charge in [-0.05, 0) is 24.6 Å². The normalized spacial score (nSPS) is 16.8. The first-order chi connectivity index (χ1) is 9.13. The van der Waals surface area contributed by atoms with Gasteiger partial charge in [-0.2, -0.15) is 0 Å². The molecule has 2 N–H and O–H groups in total. The molecule has 0 aromatic heterocycles. The zero-order valence-corrected chi connectivity index (χ0v) is 11.5. The van der Waals surface area contributed by atoms with E-state index in [1.165, 1.54) is 0 Å². The third-order valence-electron chi connectivity index (χ3n) is 2.36. The summed E-state index contributed by atoms with van der Waals surface area (Å²) < 4.78 is 5.31. The van der Waals surface area contributed by atoms with E-state index >= 15 is 0 Å². The van der Waals surface area contributed by atoms with Gasteiger partial charge in [-0.15, -0.1) is 0 Å². The van der Waals surface area contributed by atoms with Crippen LogP contribution >= 0.6 is 0 Å². The number of aliphatic imine (C=N–C) groups is 1. The van der Waals surface area contributed by atoms with Crippen LogP contribution in [0.4, 0.5) is 5.69 Å². The number of nitrogens with zero attached hydrogens (tertiary/aromatic N) is 1. The molecule has 5 nitrogen and oxygen atoms in total. The van der Waals surface area contributed by atoms with Crippen LogP contribution in [0, 0.1) is 0 Å². The molecule has 2 rings (SSSR count). The minimum Gasteiger partial charge on any atom is -0.481 e. The molecular weight excluding hydrogens is 244 g/mol. The fourth-order valence-electron chi connectivity index (χ4n) is 1.55. The highest BCUT2D eigenvalue weighted by Gasteiger charge is 2.13. The number of carboxylic acids is 1. The van der Waals surface area contributed by atoms with E-state index in [2.05, 4.69) is 10.3 Å². The maximum Gasteiger partial charge on any atom is 0.307 e. The van der Waals surface area contributed by atoms with E-state index in [4.69, 9.17) is 9.84 Å². The van der Waals surface area contributed by atoms with Crippen molar-refractivity contribution < 1.29 is 14.6 Å². The Labute approximate surface area is 113 Å². The maximum absolute atomic E-state index is 10.5. The summed E-state index contributed by atoms with van der Waals surface area (Å²) in [5.74, 6) is -0.831. The second-order valence-corrected chi connectivity index (χ2v) is 3.99. The van der Waals surface area contributed by atoms with Crippen molar-refractivity contribution in [2.45, 2.75) is 33.2 Å². The summed E-state index contributed by atoms with van der Waals surface area (Å²) in [5, 5.41) is 11.7. The number of carbonyl (C=O) groups is 1. The Bertz CT molecular complexity index is 441. The molecule has 0 saturated carbocycles. The zero-order chi connectivity index (χ0) is 14.3. The van der Waals surface area contributed by atoms with Gasteiger partial charge >= 0.3 is 5.97 Å². The number of hydrogen-bond donors (Lipinski definition) is 2. The SMILES string of the molecule is CC.CC1COC(Nc2ccc(CC(=O)O)cc2)=N1. The van der Waals surface area contributed by atoms with Crippen LogP contribution in [0.5, 0.6) is 0 Å². The molecule has 0 bridgehead atoms. The molecule has 5 heteroatoms. The molecular formula is C14H20N2O3. The van der Waals surface area contributed by atoms with E-state index in [0.717, 1.165) is 11.3 Å². The third kappa shape index (κ3) is 4.99. The van der Waals surface area contributed by atoms with Crippen molar-refractivity contribution in [3.63, 3.8) is 0 Å². The number of aliphatic carboxylic acids is 1. The van der Waals surface area contributed by atoms with E-state index < -0.39 is 5.97 Å². The number of anilines is 1. The molecule has 1 heterocycles. The molecule has 0 fully saturated rings. The second-order valence-electron chi connectivity index (χ2n) is 3.99. The van der Waals surface area contributed by atoms with Gasteiger partial charge in [0.2, 0.25) is 0 Å². The van der Waals surface area contributed by atoms with Gasteiger partial charge in [-0.1, -0.05) is 26.0 Å². The first-order valence-electron chi connectivity index (χ1n) is 6.42. The van der Waals surface area contributed by atoms with Gasteiger partial charge in [0.15, 0.2) is 0 Å². The summed E-state index contributed by atoms with van der Waals surface area (Å²) in [4.78, 5) is 14.8. The smallest absolute Gasteiger partial charge is 0.307 e. The van der Waals surface area contributed by atoms with Crippen LogP contribution < -0.4 is 5.32 Å². The molecule has 0 radical (unpaired) electrons. The van der Waals surface area contributed by atoms with Gasteiger partial charge in [-0.25, -0.2) is 4.99 Å². The van der Waals surface area contributed by atoms with Gasteiger partial charge in [-0.3, -0.25) is 4.79 Å². The molecule has 1 unspecified atom stereocenters. The van der Waals surface area contributed by atoms with E-state index in [9.17, 15) is 4.79 Å². The number of hydrogen-bond acceptors (Lipinski definition) is 4. The molecule has 1 atom stereocenters. The molecule has 0 saturated heterocycles. The molecule has 0 aliphatic carbocycles. The first kappa shape index (κ1) is 15.0. The molecule has 0 amide bonds. The Morgan fingerprint density at radius 3 is 2.53 bits per heavy atom. The molecule has 104 valence electrons. The number of rotatable bonds is 3. The molecule has 19 heavy (non-hydrogen) atoms.